The molecule has 2 N–H and O–H groups in total. The van der Waals surface area contributed by atoms with Crippen LogP contribution in [-0.2, 0) is 11.3 Å². The first-order valence-corrected chi connectivity index (χ1v) is 7.22. The van der Waals surface area contributed by atoms with Crippen molar-refractivity contribution in [3.63, 3.8) is 0 Å². The Balaban J connectivity index is 1.81. The van der Waals surface area contributed by atoms with Gasteiger partial charge in [0.2, 0.25) is 5.91 Å². The van der Waals surface area contributed by atoms with Crippen LogP contribution in [0.1, 0.15) is 27.0 Å². The van der Waals surface area contributed by atoms with Crippen LogP contribution in [0.5, 0.6) is 0 Å². The van der Waals surface area contributed by atoms with E-state index in [-0.39, 0.29) is 18.4 Å². The molecule has 4 heteroatoms. The second kappa shape index (κ2) is 7.41. The van der Waals surface area contributed by atoms with Crippen LogP contribution in [0.4, 0.5) is 0 Å². The lowest BCUT2D eigenvalue weighted by Gasteiger charge is -2.09. The summed E-state index contributed by atoms with van der Waals surface area (Å²) >= 11 is 0. The van der Waals surface area contributed by atoms with Gasteiger partial charge in [0.1, 0.15) is 0 Å². The Morgan fingerprint density at radius 2 is 1.73 bits per heavy atom. The summed E-state index contributed by atoms with van der Waals surface area (Å²) in [5.74, 6) is -0.445. The molecule has 0 aliphatic rings. The zero-order valence-corrected chi connectivity index (χ0v) is 12.8. The van der Waals surface area contributed by atoms with Gasteiger partial charge in [0.15, 0.2) is 0 Å². The van der Waals surface area contributed by atoms with Gasteiger partial charge in [0, 0.05) is 12.1 Å². The van der Waals surface area contributed by atoms with Crippen LogP contribution in [0, 0.1) is 13.8 Å². The molecule has 2 aromatic rings. The van der Waals surface area contributed by atoms with Crippen molar-refractivity contribution in [3.05, 3.63) is 70.8 Å². The number of nitrogens with one attached hydrogen (secondary N) is 2. The molecule has 22 heavy (non-hydrogen) atoms. The van der Waals surface area contributed by atoms with Crippen LogP contribution in [0.3, 0.4) is 0 Å². The van der Waals surface area contributed by atoms with Gasteiger partial charge in [-0.2, -0.15) is 0 Å². The van der Waals surface area contributed by atoms with Crippen molar-refractivity contribution in [2.45, 2.75) is 20.4 Å². The van der Waals surface area contributed by atoms with Crippen molar-refractivity contribution >= 4 is 11.8 Å². The summed E-state index contributed by atoms with van der Waals surface area (Å²) in [6.07, 6.45) is 0. The van der Waals surface area contributed by atoms with Crippen molar-refractivity contribution in [1.82, 2.24) is 10.6 Å². The van der Waals surface area contributed by atoms with Crippen LogP contribution < -0.4 is 10.6 Å². The first-order valence-electron chi connectivity index (χ1n) is 7.22. The lowest BCUT2D eigenvalue weighted by atomic mass is 10.1. The summed E-state index contributed by atoms with van der Waals surface area (Å²) in [5, 5.41) is 5.43. The molecule has 0 unspecified atom stereocenters. The van der Waals surface area contributed by atoms with Crippen LogP contribution in [-0.4, -0.2) is 18.4 Å². The molecule has 0 aliphatic carbocycles. The Hall–Kier alpha value is -2.62. The Labute approximate surface area is 130 Å². The average Bonchev–Trinajstić information content (AvgIpc) is 2.52. The van der Waals surface area contributed by atoms with Gasteiger partial charge in [-0.3, -0.25) is 9.59 Å². The van der Waals surface area contributed by atoms with Crippen molar-refractivity contribution < 1.29 is 9.59 Å². The highest BCUT2D eigenvalue weighted by Gasteiger charge is 2.08. The maximum atomic E-state index is 11.9. The number of benzene rings is 2. The second-order valence-electron chi connectivity index (χ2n) is 5.26. The molecule has 0 aromatic heterocycles. The van der Waals surface area contributed by atoms with E-state index in [0.29, 0.717) is 12.1 Å². The third-order valence-electron chi connectivity index (χ3n) is 3.43. The highest BCUT2D eigenvalue weighted by atomic mass is 16.2. The van der Waals surface area contributed by atoms with Gasteiger partial charge in [-0.05, 0) is 37.1 Å². The van der Waals surface area contributed by atoms with E-state index < -0.39 is 0 Å². The van der Waals surface area contributed by atoms with E-state index >= 15 is 0 Å². The van der Waals surface area contributed by atoms with Crippen LogP contribution in [0.2, 0.25) is 0 Å². The summed E-state index contributed by atoms with van der Waals surface area (Å²) in [6, 6.07) is 15.1. The quantitative estimate of drug-likeness (QED) is 0.890. The predicted molar refractivity (Wildman–Crippen MR) is 86.5 cm³/mol. The second-order valence-corrected chi connectivity index (χ2v) is 5.26. The van der Waals surface area contributed by atoms with E-state index in [1.165, 1.54) is 0 Å². The van der Waals surface area contributed by atoms with E-state index in [2.05, 4.69) is 10.6 Å². The van der Waals surface area contributed by atoms with Gasteiger partial charge in [-0.25, -0.2) is 0 Å². The molecule has 0 saturated heterocycles. The Morgan fingerprint density at radius 3 is 2.45 bits per heavy atom. The number of aryl methyl sites for hydroxylation is 2. The average molecular weight is 296 g/mol. The number of rotatable bonds is 5. The standard InChI is InChI=1S/C18H20N2O2/c1-13-6-5-9-15(10-13)18(22)20-12-17(21)19-11-16-8-4-3-7-14(16)2/h3-10H,11-12H2,1-2H3,(H,19,21)(H,20,22). The first kappa shape index (κ1) is 15.8. The van der Waals surface area contributed by atoms with Crippen LogP contribution >= 0.6 is 0 Å². The van der Waals surface area contributed by atoms with Crippen molar-refractivity contribution in [2.75, 3.05) is 6.54 Å². The number of hydrogen-bond acceptors (Lipinski definition) is 2. The van der Waals surface area contributed by atoms with Gasteiger partial charge < -0.3 is 10.6 Å². The molecule has 2 aromatic carbocycles. The first-order chi connectivity index (χ1) is 10.6. The third-order valence-corrected chi connectivity index (χ3v) is 3.43. The number of hydrogen-bond donors (Lipinski definition) is 2. The molecule has 0 radical (unpaired) electrons. The Kier molecular flexibility index (Phi) is 5.31. The largest absolute Gasteiger partial charge is 0.350 e. The minimum Gasteiger partial charge on any atom is -0.350 e. The van der Waals surface area contributed by atoms with Crippen molar-refractivity contribution in [3.8, 4) is 0 Å². The fourth-order valence-electron chi connectivity index (χ4n) is 2.11. The molecule has 2 rings (SSSR count). The van der Waals surface area contributed by atoms with Gasteiger partial charge in [-0.15, -0.1) is 0 Å². The third kappa shape index (κ3) is 4.45. The molecule has 0 heterocycles. The molecular formula is C18H20N2O2. The molecule has 0 bridgehead atoms. The lowest BCUT2D eigenvalue weighted by molar-refractivity contribution is -0.120. The van der Waals surface area contributed by atoms with E-state index in [0.717, 1.165) is 16.7 Å². The Morgan fingerprint density at radius 1 is 0.955 bits per heavy atom. The SMILES string of the molecule is Cc1cccc(C(=O)NCC(=O)NCc2ccccc2C)c1. The fraction of sp³-hybridized carbons (Fsp3) is 0.222. The van der Waals surface area contributed by atoms with Gasteiger partial charge in [0.25, 0.3) is 5.91 Å². The minimum absolute atomic E-state index is 0.0291. The van der Waals surface area contributed by atoms with Crippen LogP contribution in [0.15, 0.2) is 48.5 Å². The fourth-order valence-corrected chi connectivity index (χ4v) is 2.11. The molecule has 0 atom stereocenters. The number of carbonyl (C=O) groups is 2. The van der Waals surface area contributed by atoms with E-state index in [4.69, 9.17) is 0 Å². The van der Waals surface area contributed by atoms with Crippen molar-refractivity contribution in [2.24, 2.45) is 0 Å². The highest BCUT2D eigenvalue weighted by molar-refractivity contribution is 5.96. The number of carbonyl (C=O) groups excluding carboxylic acids is 2. The molecule has 0 fully saturated rings. The molecule has 0 spiro atoms. The summed E-state index contributed by atoms with van der Waals surface area (Å²) in [7, 11) is 0. The molecule has 0 saturated carbocycles. The van der Waals surface area contributed by atoms with E-state index in [9.17, 15) is 9.59 Å². The zero-order valence-electron chi connectivity index (χ0n) is 12.8. The summed E-state index contributed by atoms with van der Waals surface area (Å²) in [6.45, 7) is 4.36. The smallest absolute Gasteiger partial charge is 0.251 e. The summed E-state index contributed by atoms with van der Waals surface area (Å²) in [4.78, 5) is 23.7. The molecule has 0 aliphatic heterocycles. The maximum Gasteiger partial charge on any atom is 0.251 e. The summed E-state index contributed by atoms with van der Waals surface area (Å²) in [5.41, 5.74) is 3.77. The monoisotopic (exact) mass is 296 g/mol. The van der Waals surface area contributed by atoms with Crippen molar-refractivity contribution in [1.29, 1.82) is 0 Å². The molecule has 114 valence electrons. The maximum absolute atomic E-state index is 11.9. The van der Waals surface area contributed by atoms with Gasteiger partial charge >= 0.3 is 0 Å². The number of amides is 2. The summed E-state index contributed by atoms with van der Waals surface area (Å²) < 4.78 is 0. The zero-order chi connectivity index (χ0) is 15.9. The predicted octanol–water partition coefficient (Wildman–Crippen LogP) is 2.35. The van der Waals surface area contributed by atoms with Crippen LogP contribution in [0.25, 0.3) is 0 Å². The Bertz CT molecular complexity index is 680. The minimum atomic E-state index is -0.241. The van der Waals surface area contributed by atoms with E-state index in [1.807, 2.05) is 50.2 Å². The van der Waals surface area contributed by atoms with Gasteiger partial charge in [0.05, 0.1) is 6.54 Å². The topological polar surface area (TPSA) is 58.2 Å². The van der Waals surface area contributed by atoms with Gasteiger partial charge in [-0.1, -0.05) is 42.0 Å². The highest BCUT2D eigenvalue weighted by Crippen LogP contribution is 2.06. The van der Waals surface area contributed by atoms with E-state index in [1.54, 1.807) is 12.1 Å². The molecular weight excluding hydrogens is 276 g/mol. The molecule has 2 amide bonds. The normalized spacial score (nSPS) is 10.1. The molecule has 4 nitrogen and oxygen atoms in total. The lowest BCUT2D eigenvalue weighted by Crippen LogP contribution is -2.36.